The second kappa shape index (κ2) is 8.14. The fraction of sp³-hybridized carbons (Fsp3) is 0.500. The highest BCUT2D eigenvalue weighted by Gasteiger charge is 2.18. The number of anilines is 1. The number of hydrogen-bond donors (Lipinski definition) is 1. The molecule has 0 spiro atoms. The number of benzene rings is 1. The Morgan fingerprint density at radius 1 is 1.33 bits per heavy atom. The molecule has 0 unspecified atom stereocenters. The van der Waals surface area contributed by atoms with Crippen LogP contribution in [0.5, 0.6) is 0 Å². The number of sulfone groups is 1. The molecule has 2 amide bonds. The van der Waals surface area contributed by atoms with Crippen molar-refractivity contribution in [2.45, 2.75) is 25.8 Å². The van der Waals surface area contributed by atoms with E-state index in [1.165, 1.54) is 0 Å². The molecule has 0 aliphatic carbocycles. The average Bonchev–Trinajstić information content (AvgIpc) is 2.48. The maximum absolute atomic E-state index is 11.8. The van der Waals surface area contributed by atoms with Gasteiger partial charge in [-0.3, -0.25) is 10.1 Å². The number of ether oxygens (including phenoxy) is 1. The summed E-state index contributed by atoms with van der Waals surface area (Å²) in [6.07, 6.45) is 2.92. The topological polar surface area (TPSA) is 92.8 Å². The summed E-state index contributed by atoms with van der Waals surface area (Å²) in [5.41, 5.74) is 1.46. The lowest BCUT2D eigenvalue weighted by molar-refractivity contribution is -0.133. The lowest BCUT2D eigenvalue weighted by Gasteiger charge is -2.26. The number of amides is 2. The molecule has 1 aliphatic rings. The van der Waals surface area contributed by atoms with Gasteiger partial charge in [0.25, 0.3) is 0 Å². The largest absolute Gasteiger partial charge is 0.448 e. The maximum atomic E-state index is 11.8. The zero-order valence-corrected chi connectivity index (χ0v) is 14.5. The predicted molar refractivity (Wildman–Crippen MR) is 90.4 cm³/mol. The van der Waals surface area contributed by atoms with E-state index in [0.29, 0.717) is 18.7 Å². The van der Waals surface area contributed by atoms with Crippen LogP contribution < -0.4 is 5.32 Å². The monoisotopic (exact) mass is 354 g/mol. The van der Waals surface area contributed by atoms with Crippen molar-refractivity contribution in [1.29, 1.82) is 0 Å². The van der Waals surface area contributed by atoms with Gasteiger partial charge in [0.05, 0.1) is 5.75 Å². The van der Waals surface area contributed by atoms with Gasteiger partial charge in [-0.1, -0.05) is 12.1 Å². The summed E-state index contributed by atoms with van der Waals surface area (Å²) in [4.78, 5) is 25.3. The first kappa shape index (κ1) is 18.3. The van der Waals surface area contributed by atoms with E-state index in [-0.39, 0.29) is 18.3 Å². The molecular formula is C16H22N2O5S. The third-order valence-electron chi connectivity index (χ3n) is 3.66. The van der Waals surface area contributed by atoms with Crippen LogP contribution in [0.15, 0.2) is 24.3 Å². The second-order valence-corrected chi connectivity index (χ2v) is 8.12. The summed E-state index contributed by atoms with van der Waals surface area (Å²) in [7, 11) is -3.16. The van der Waals surface area contributed by atoms with E-state index >= 15 is 0 Å². The number of nitrogens with zero attached hydrogens (tertiary/aromatic N) is 1. The lowest BCUT2D eigenvalue weighted by Crippen LogP contribution is -2.34. The molecule has 0 bridgehead atoms. The summed E-state index contributed by atoms with van der Waals surface area (Å²) in [5.74, 6) is -0.0582. The summed E-state index contributed by atoms with van der Waals surface area (Å²) < 4.78 is 26.8. The fourth-order valence-corrected chi connectivity index (χ4v) is 2.82. The van der Waals surface area contributed by atoms with Crippen molar-refractivity contribution >= 4 is 27.5 Å². The Kier molecular flexibility index (Phi) is 6.19. The van der Waals surface area contributed by atoms with Crippen molar-refractivity contribution in [2.75, 3.05) is 30.5 Å². The third-order valence-corrected chi connectivity index (χ3v) is 4.56. The Bertz CT molecular complexity index is 702. The molecule has 132 valence electrons. The highest BCUT2D eigenvalue weighted by Crippen LogP contribution is 2.17. The Morgan fingerprint density at radius 2 is 2.12 bits per heavy atom. The van der Waals surface area contributed by atoms with E-state index in [9.17, 15) is 18.0 Å². The number of carbonyl (C=O) groups is 2. The van der Waals surface area contributed by atoms with Gasteiger partial charge in [0.15, 0.2) is 9.84 Å². The first-order valence-corrected chi connectivity index (χ1v) is 9.88. The minimum Gasteiger partial charge on any atom is -0.448 e. The Balaban J connectivity index is 1.87. The Labute approximate surface area is 141 Å². The highest BCUT2D eigenvalue weighted by atomic mass is 32.2. The smallest absolute Gasteiger partial charge is 0.411 e. The van der Waals surface area contributed by atoms with Gasteiger partial charge in [-0.25, -0.2) is 13.2 Å². The van der Waals surface area contributed by atoms with Crippen LogP contribution in [0.4, 0.5) is 10.5 Å². The van der Waals surface area contributed by atoms with Crippen LogP contribution in [0.1, 0.15) is 24.8 Å². The fourth-order valence-electron chi connectivity index (χ4n) is 2.44. The van der Waals surface area contributed by atoms with E-state index < -0.39 is 15.9 Å². The highest BCUT2D eigenvalue weighted by molar-refractivity contribution is 7.90. The molecule has 1 fully saturated rings. The number of nitrogens with one attached hydrogen (secondary N) is 1. The molecular weight excluding hydrogens is 332 g/mol. The predicted octanol–water partition coefficient (Wildman–Crippen LogP) is 1.79. The van der Waals surface area contributed by atoms with E-state index in [2.05, 4.69) is 5.32 Å². The van der Waals surface area contributed by atoms with Crippen molar-refractivity contribution in [3.63, 3.8) is 0 Å². The summed E-state index contributed by atoms with van der Waals surface area (Å²) in [5, 5.41) is 2.56. The molecule has 0 saturated carbocycles. The second-order valence-electron chi connectivity index (χ2n) is 5.86. The van der Waals surface area contributed by atoms with Gasteiger partial charge in [0.1, 0.15) is 6.61 Å². The average molecular weight is 354 g/mol. The standard InChI is InChI=1S/C16H22N2O5S/c1-24(21,22)10-9-23-16(20)17-14-6-4-5-13(11-14)12-18-8-3-2-7-15(18)19/h4-6,11H,2-3,7-10,12H2,1H3,(H,17,20). The molecule has 1 saturated heterocycles. The number of carbonyl (C=O) groups excluding carboxylic acids is 2. The number of likely N-dealkylation sites (tertiary alicyclic amines) is 1. The van der Waals surface area contributed by atoms with Crippen LogP contribution in [0.3, 0.4) is 0 Å². The minimum atomic E-state index is -3.16. The summed E-state index contributed by atoms with van der Waals surface area (Å²) >= 11 is 0. The molecule has 1 heterocycles. The number of rotatable bonds is 6. The van der Waals surface area contributed by atoms with Crippen LogP contribution in [-0.2, 0) is 25.9 Å². The molecule has 7 nitrogen and oxygen atoms in total. The van der Waals surface area contributed by atoms with Crippen LogP contribution in [0.2, 0.25) is 0 Å². The van der Waals surface area contributed by atoms with E-state index in [1.54, 1.807) is 18.2 Å². The molecule has 1 aromatic rings. The van der Waals surface area contributed by atoms with Gasteiger partial charge in [-0.15, -0.1) is 0 Å². The van der Waals surface area contributed by atoms with Crippen LogP contribution in [-0.4, -0.2) is 50.5 Å². The molecule has 1 aliphatic heterocycles. The van der Waals surface area contributed by atoms with Crippen molar-refractivity contribution in [3.05, 3.63) is 29.8 Å². The van der Waals surface area contributed by atoms with Crippen molar-refractivity contribution in [3.8, 4) is 0 Å². The van der Waals surface area contributed by atoms with Crippen LogP contribution in [0.25, 0.3) is 0 Å². The third kappa shape index (κ3) is 6.19. The van der Waals surface area contributed by atoms with E-state index in [1.807, 2.05) is 11.0 Å². The van der Waals surface area contributed by atoms with Gasteiger partial charge >= 0.3 is 6.09 Å². The molecule has 24 heavy (non-hydrogen) atoms. The van der Waals surface area contributed by atoms with Gasteiger partial charge < -0.3 is 9.64 Å². The molecule has 0 atom stereocenters. The molecule has 0 radical (unpaired) electrons. The Hall–Kier alpha value is -2.09. The van der Waals surface area contributed by atoms with Gasteiger partial charge in [-0.2, -0.15) is 0 Å². The summed E-state index contributed by atoms with van der Waals surface area (Å²) in [6.45, 7) is 1.08. The zero-order valence-electron chi connectivity index (χ0n) is 13.7. The molecule has 1 aromatic carbocycles. The van der Waals surface area contributed by atoms with Gasteiger partial charge in [0, 0.05) is 31.5 Å². The molecule has 1 N–H and O–H groups in total. The van der Waals surface area contributed by atoms with Gasteiger partial charge in [-0.05, 0) is 30.5 Å². The summed E-state index contributed by atoms with van der Waals surface area (Å²) in [6, 6.07) is 7.16. The van der Waals surface area contributed by atoms with Gasteiger partial charge in [0.2, 0.25) is 5.91 Å². The quantitative estimate of drug-likeness (QED) is 0.841. The van der Waals surface area contributed by atoms with Crippen LogP contribution >= 0.6 is 0 Å². The molecule has 2 rings (SSSR count). The lowest BCUT2D eigenvalue weighted by atomic mass is 10.1. The van der Waals surface area contributed by atoms with Crippen molar-refractivity contribution in [1.82, 2.24) is 4.90 Å². The van der Waals surface area contributed by atoms with Crippen LogP contribution in [0, 0.1) is 0 Å². The first-order chi connectivity index (χ1) is 11.3. The minimum absolute atomic E-state index is 0.153. The van der Waals surface area contributed by atoms with E-state index in [0.717, 1.165) is 31.2 Å². The number of piperidine rings is 1. The zero-order chi connectivity index (χ0) is 17.6. The van der Waals surface area contributed by atoms with E-state index in [4.69, 9.17) is 4.74 Å². The molecule has 0 aromatic heterocycles. The number of hydrogen-bond acceptors (Lipinski definition) is 5. The normalized spacial score (nSPS) is 15.2. The molecule has 8 heteroatoms. The van der Waals surface area contributed by atoms with Crippen molar-refractivity contribution < 1.29 is 22.7 Å². The SMILES string of the molecule is CS(=O)(=O)CCOC(=O)Nc1cccc(CN2CCCCC2=O)c1. The first-order valence-electron chi connectivity index (χ1n) is 7.82. The maximum Gasteiger partial charge on any atom is 0.411 e. The van der Waals surface area contributed by atoms with Crippen molar-refractivity contribution in [2.24, 2.45) is 0 Å². The Morgan fingerprint density at radius 3 is 2.83 bits per heavy atom.